The van der Waals surface area contributed by atoms with E-state index in [2.05, 4.69) is 76.3 Å². The van der Waals surface area contributed by atoms with Crippen LogP contribution in [0.3, 0.4) is 0 Å². The molecule has 0 bridgehead atoms. The van der Waals surface area contributed by atoms with Crippen LogP contribution < -0.4 is 10.6 Å². The van der Waals surface area contributed by atoms with E-state index in [9.17, 15) is 0 Å². The minimum atomic E-state index is 0.367. The summed E-state index contributed by atoms with van der Waals surface area (Å²) in [5.74, 6) is 1.88. The molecule has 0 saturated carbocycles. The smallest absolute Gasteiger partial charge is 0.190 e. The Labute approximate surface area is 187 Å². The molecule has 2 aromatic carbocycles. The van der Waals surface area contributed by atoms with Crippen molar-refractivity contribution in [2.45, 2.75) is 31.6 Å². The first-order valence-corrected chi connectivity index (χ1v) is 11.6. The highest BCUT2D eigenvalue weighted by atomic mass is 16.5. The van der Waals surface area contributed by atoms with Crippen LogP contribution in [0.25, 0.3) is 0 Å². The van der Waals surface area contributed by atoms with Crippen LogP contribution in [0.1, 0.15) is 42.7 Å². The van der Waals surface area contributed by atoms with Crippen LogP contribution in [-0.4, -0.2) is 52.5 Å². The van der Waals surface area contributed by atoms with Gasteiger partial charge in [0.25, 0.3) is 0 Å². The Bertz CT molecular complexity index is 706. The lowest BCUT2D eigenvalue weighted by Crippen LogP contribution is -2.38. The summed E-state index contributed by atoms with van der Waals surface area (Å²) in [5.41, 5.74) is 2.69. The second kappa shape index (κ2) is 13.8. The van der Waals surface area contributed by atoms with Gasteiger partial charge in [-0.25, -0.2) is 0 Å². The molecular formula is C26H37N3O2. The average Bonchev–Trinajstić information content (AvgIpc) is 2.84. The molecule has 0 aliphatic carbocycles. The molecule has 2 N–H and O–H groups in total. The Morgan fingerprint density at radius 3 is 2.19 bits per heavy atom. The van der Waals surface area contributed by atoms with E-state index >= 15 is 0 Å². The molecule has 3 rings (SSSR count). The normalized spacial score (nSPS) is 15.2. The van der Waals surface area contributed by atoms with Crippen LogP contribution in [0.2, 0.25) is 0 Å². The number of guanidine groups is 1. The monoisotopic (exact) mass is 423 g/mol. The van der Waals surface area contributed by atoms with E-state index in [1.165, 1.54) is 11.1 Å². The molecule has 0 unspecified atom stereocenters. The molecule has 1 saturated heterocycles. The van der Waals surface area contributed by atoms with Crippen LogP contribution in [-0.2, 0) is 9.47 Å². The van der Waals surface area contributed by atoms with E-state index < -0.39 is 0 Å². The van der Waals surface area contributed by atoms with Crippen LogP contribution >= 0.6 is 0 Å². The largest absolute Gasteiger partial charge is 0.381 e. The van der Waals surface area contributed by atoms with Crippen molar-refractivity contribution >= 4 is 5.96 Å². The van der Waals surface area contributed by atoms with E-state index in [1.54, 1.807) is 0 Å². The minimum absolute atomic E-state index is 0.367. The fourth-order valence-electron chi connectivity index (χ4n) is 4.00. The Morgan fingerprint density at radius 1 is 0.968 bits per heavy atom. The highest BCUT2D eigenvalue weighted by Gasteiger charge is 2.14. The lowest BCUT2D eigenvalue weighted by atomic mass is 9.88. The summed E-state index contributed by atoms with van der Waals surface area (Å²) in [5, 5.41) is 6.87. The first kappa shape index (κ1) is 23.3. The summed E-state index contributed by atoms with van der Waals surface area (Å²) in [6.45, 7) is 5.12. The van der Waals surface area contributed by atoms with Gasteiger partial charge in [0, 0.05) is 52.5 Å². The molecule has 1 aliphatic rings. The quantitative estimate of drug-likeness (QED) is 0.323. The van der Waals surface area contributed by atoms with E-state index in [0.717, 1.165) is 71.2 Å². The number of rotatable bonds is 11. The van der Waals surface area contributed by atoms with Gasteiger partial charge in [0.15, 0.2) is 5.96 Å². The molecule has 168 valence electrons. The number of nitrogens with zero attached hydrogens (tertiary/aromatic N) is 1. The zero-order valence-corrected chi connectivity index (χ0v) is 18.8. The molecule has 0 radical (unpaired) electrons. The Balaban J connectivity index is 1.36. The summed E-state index contributed by atoms with van der Waals surface area (Å²) in [4.78, 5) is 4.36. The summed E-state index contributed by atoms with van der Waals surface area (Å²) in [6.07, 6.45) is 4.23. The molecule has 5 heteroatoms. The van der Waals surface area contributed by atoms with Crippen LogP contribution in [0.15, 0.2) is 65.7 Å². The van der Waals surface area contributed by atoms with Gasteiger partial charge in [-0.1, -0.05) is 60.7 Å². The average molecular weight is 424 g/mol. The summed E-state index contributed by atoms with van der Waals surface area (Å²) in [6, 6.07) is 21.5. The number of aliphatic imine (C=N–C) groups is 1. The van der Waals surface area contributed by atoms with Gasteiger partial charge >= 0.3 is 0 Å². The molecule has 2 aromatic rings. The summed E-state index contributed by atoms with van der Waals surface area (Å²) >= 11 is 0. The Morgan fingerprint density at radius 2 is 1.58 bits per heavy atom. The molecule has 1 heterocycles. The van der Waals surface area contributed by atoms with Gasteiger partial charge in [0.05, 0.1) is 0 Å². The maximum absolute atomic E-state index is 5.84. The van der Waals surface area contributed by atoms with Crippen molar-refractivity contribution in [2.75, 3.05) is 46.6 Å². The van der Waals surface area contributed by atoms with Crippen molar-refractivity contribution in [3.63, 3.8) is 0 Å². The van der Waals surface area contributed by atoms with Gasteiger partial charge in [0.1, 0.15) is 0 Å². The molecular weight excluding hydrogens is 386 g/mol. The third-order valence-corrected chi connectivity index (χ3v) is 5.81. The second-order valence-corrected chi connectivity index (χ2v) is 8.07. The van der Waals surface area contributed by atoms with Gasteiger partial charge in [-0.3, -0.25) is 4.99 Å². The molecule has 0 spiro atoms. The van der Waals surface area contributed by atoms with Crippen LogP contribution in [0.5, 0.6) is 0 Å². The number of hydrogen-bond acceptors (Lipinski definition) is 3. The molecule has 0 atom stereocenters. The predicted molar refractivity (Wildman–Crippen MR) is 128 cm³/mol. The van der Waals surface area contributed by atoms with Crippen LogP contribution in [0, 0.1) is 5.92 Å². The fourth-order valence-corrected chi connectivity index (χ4v) is 4.00. The molecule has 0 amide bonds. The van der Waals surface area contributed by atoms with Crippen molar-refractivity contribution in [1.82, 2.24) is 10.6 Å². The molecule has 5 nitrogen and oxygen atoms in total. The molecule has 0 aromatic heterocycles. The number of benzene rings is 2. The van der Waals surface area contributed by atoms with Crippen LogP contribution in [0.4, 0.5) is 0 Å². The van der Waals surface area contributed by atoms with Gasteiger partial charge in [-0.15, -0.1) is 0 Å². The van der Waals surface area contributed by atoms with Crippen molar-refractivity contribution in [2.24, 2.45) is 10.9 Å². The van der Waals surface area contributed by atoms with Gasteiger partial charge in [-0.05, 0) is 42.7 Å². The van der Waals surface area contributed by atoms with Gasteiger partial charge in [-0.2, -0.15) is 0 Å². The first-order valence-electron chi connectivity index (χ1n) is 11.6. The number of nitrogens with one attached hydrogen (secondary N) is 2. The zero-order valence-electron chi connectivity index (χ0n) is 18.8. The topological polar surface area (TPSA) is 54.9 Å². The van der Waals surface area contributed by atoms with Crippen molar-refractivity contribution in [3.05, 3.63) is 71.8 Å². The SMILES string of the molecule is CN=C(NCCCOCC1CCOCC1)NCCC(c1ccccc1)c1ccccc1. The summed E-state index contributed by atoms with van der Waals surface area (Å²) in [7, 11) is 1.82. The highest BCUT2D eigenvalue weighted by Crippen LogP contribution is 2.27. The highest BCUT2D eigenvalue weighted by molar-refractivity contribution is 5.79. The first-order chi connectivity index (χ1) is 15.4. The minimum Gasteiger partial charge on any atom is -0.381 e. The Hall–Kier alpha value is -2.37. The van der Waals surface area contributed by atoms with Gasteiger partial charge in [0.2, 0.25) is 0 Å². The summed E-state index contributed by atoms with van der Waals surface area (Å²) < 4.78 is 11.2. The molecule has 31 heavy (non-hydrogen) atoms. The Kier molecular flexibility index (Phi) is 10.4. The lowest BCUT2D eigenvalue weighted by Gasteiger charge is -2.21. The molecule has 1 aliphatic heterocycles. The third-order valence-electron chi connectivity index (χ3n) is 5.81. The van der Waals surface area contributed by atoms with Gasteiger partial charge < -0.3 is 20.1 Å². The van der Waals surface area contributed by atoms with Crippen molar-refractivity contribution in [1.29, 1.82) is 0 Å². The zero-order chi connectivity index (χ0) is 21.6. The maximum atomic E-state index is 5.84. The van der Waals surface area contributed by atoms with E-state index in [4.69, 9.17) is 9.47 Å². The van der Waals surface area contributed by atoms with Crippen molar-refractivity contribution in [3.8, 4) is 0 Å². The predicted octanol–water partition coefficient (Wildman–Crippen LogP) is 4.21. The number of ether oxygens (including phenoxy) is 2. The van der Waals surface area contributed by atoms with Crippen molar-refractivity contribution < 1.29 is 9.47 Å². The molecule has 1 fully saturated rings. The fraction of sp³-hybridized carbons (Fsp3) is 0.500. The third kappa shape index (κ3) is 8.35. The second-order valence-electron chi connectivity index (χ2n) is 8.07. The van der Waals surface area contributed by atoms with E-state index in [0.29, 0.717) is 11.8 Å². The lowest BCUT2D eigenvalue weighted by molar-refractivity contribution is 0.0203. The maximum Gasteiger partial charge on any atom is 0.190 e. The van der Waals surface area contributed by atoms with E-state index in [-0.39, 0.29) is 0 Å². The standard InChI is InChI=1S/C26H37N3O2/c1-27-26(28-16-8-18-31-21-22-14-19-30-20-15-22)29-17-13-25(23-9-4-2-5-10-23)24-11-6-3-7-12-24/h2-7,9-12,22,25H,8,13-21H2,1H3,(H2,27,28,29). The van der Waals surface area contributed by atoms with E-state index in [1.807, 2.05) is 7.05 Å². The number of hydrogen-bond donors (Lipinski definition) is 2.